The molecule has 2 aliphatic rings. The summed E-state index contributed by atoms with van der Waals surface area (Å²) < 4.78 is 5.15. The minimum atomic E-state index is -0.158. The van der Waals surface area contributed by atoms with Gasteiger partial charge in [-0.15, -0.1) is 0 Å². The van der Waals surface area contributed by atoms with Gasteiger partial charge in [-0.2, -0.15) is 0 Å². The van der Waals surface area contributed by atoms with Gasteiger partial charge in [-0.25, -0.2) is 0 Å². The number of halogens is 1. The summed E-state index contributed by atoms with van der Waals surface area (Å²) in [5.41, 5.74) is 0.955. The van der Waals surface area contributed by atoms with E-state index >= 15 is 0 Å². The average molecular weight is 254 g/mol. The highest BCUT2D eigenvalue weighted by molar-refractivity contribution is 6.31. The zero-order valence-electron chi connectivity index (χ0n) is 9.64. The minimum absolute atomic E-state index is 0.117. The number of quaternary nitrogens is 1. The summed E-state index contributed by atoms with van der Waals surface area (Å²) in [4.78, 5) is 0. The van der Waals surface area contributed by atoms with Crippen molar-refractivity contribution in [3.63, 3.8) is 0 Å². The first kappa shape index (κ1) is 11.5. The van der Waals surface area contributed by atoms with Crippen molar-refractivity contribution in [2.45, 2.75) is 31.5 Å². The fraction of sp³-hybridized carbons (Fsp3) is 0.538. The highest BCUT2D eigenvalue weighted by Crippen LogP contribution is 2.36. The van der Waals surface area contributed by atoms with Crippen molar-refractivity contribution in [1.29, 1.82) is 0 Å². The number of benzene rings is 1. The molecular formula is C13H16ClNO2. The van der Waals surface area contributed by atoms with Gasteiger partial charge in [0.25, 0.3) is 0 Å². The lowest BCUT2D eigenvalue weighted by Gasteiger charge is -2.44. The van der Waals surface area contributed by atoms with E-state index in [1.54, 1.807) is 0 Å². The number of hydrogen-bond acceptors (Lipinski definition) is 2. The molecule has 3 rings (SSSR count). The topological polar surface area (TPSA) is 35.6 Å². The Bertz CT molecular complexity index is 422. The first-order valence-electron chi connectivity index (χ1n) is 6.12. The van der Waals surface area contributed by atoms with E-state index in [1.807, 2.05) is 24.3 Å². The Balaban J connectivity index is 1.81. The Hall–Kier alpha value is -0.610. The van der Waals surface area contributed by atoms with Crippen molar-refractivity contribution in [2.24, 2.45) is 0 Å². The Morgan fingerprint density at radius 3 is 2.88 bits per heavy atom. The van der Waals surface area contributed by atoms with Crippen molar-refractivity contribution >= 4 is 11.6 Å². The van der Waals surface area contributed by atoms with Crippen LogP contribution in [0, 0.1) is 5.21 Å². The van der Waals surface area contributed by atoms with E-state index in [0.717, 1.165) is 25.0 Å². The van der Waals surface area contributed by atoms with Crippen LogP contribution in [-0.2, 0) is 11.3 Å². The SMILES string of the molecule is [O-][N+]1(Cc2ccccc2Cl)CCCC1[C@@H]1CO1. The third kappa shape index (κ3) is 2.20. The van der Waals surface area contributed by atoms with Gasteiger partial charge in [-0.05, 0) is 6.07 Å². The Morgan fingerprint density at radius 1 is 1.41 bits per heavy atom. The number of likely N-dealkylation sites (tertiary alicyclic amines) is 1. The number of hydrogen-bond donors (Lipinski definition) is 0. The van der Waals surface area contributed by atoms with E-state index < -0.39 is 0 Å². The van der Waals surface area contributed by atoms with Crippen LogP contribution >= 0.6 is 11.6 Å². The molecule has 1 aromatic rings. The molecule has 2 aliphatic heterocycles. The third-order valence-electron chi connectivity index (χ3n) is 3.83. The molecule has 2 unspecified atom stereocenters. The highest BCUT2D eigenvalue weighted by Gasteiger charge is 2.46. The molecule has 4 heteroatoms. The van der Waals surface area contributed by atoms with Crippen LogP contribution in [0.5, 0.6) is 0 Å². The molecule has 17 heavy (non-hydrogen) atoms. The van der Waals surface area contributed by atoms with Gasteiger partial charge in [-0.3, -0.25) is 0 Å². The number of ether oxygens (including phenoxy) is 1. The number of epoxide rings is 1. The van der Waals surface area contributed by atoms with Gasteiger partial charge < -0.3 is 14.6 Å². The third-order valence-corrected chi connectivity index (χ3v) is 4.19. The van der Waals surface area contributed by atoms with Crippen molar-refractivity contribution in [1.82, 2.24) is 0 Å². The largest absolute Gasteiger partial charge is 0.632 e. The molecule has 0 bridgehead atoms. The molecule has 2 saturated heterocycles. The van der Waals surface area contributed by atoms with Crippen LogP contribution in [0.4, 0.5) is 0 Å². The van der Waals surface area contributed by atoms with E-state index in [4.69, 9.17) is 16.3 Å². The summed E-state index contributed by atoms with van der Waals surface area (Å²) in [6.07, 6.45) is 2.18. The number of hydroxylamine groups is 3. The molecular weight excluding hydrogens is 238 g/mol. The van der Waals surface area contributed by atoms with Gasteiger partial charge >= 0.3 is 0 Å². The predicted molar refractivity (Wildman–Crippen MR) is 66.4 cm³/mol. The molecule has 0 N–H and O–H groups in total. The number of rotatable bonds is 3. The van der Waals surface area contributed by atoms with Crippen molar-refractivity contribution < 1.29 is 9.38 Å². The van der Waals surface area contributed by atoms with Crippen LogP contribution in [0.3, 0.4) is 0 Å². The van der Waals surface area contributed by atoms with Gasteiger partial charge in [0.2, 0.25) is 0 Å². The zero-order valence-corrected chi connectivity index (χ0v) is 10.4. The molecule has 0 amide bonds. The summed E-state index contributed by atoms with van der Waals surface area (Å²) in [5, 5.41) is 13.5. The van der Waals surface area contributed by atoms with Crippen molar-refractivity contribution in [2.75, 3.05) is 13.2 Å². The van der Waals surface area contributed by atoms with Crippen molar-refractivity contribution in [3.05, 3.63) is 40.1 Å². The normalized spacial score (nSPS) is 36.1. The maximum atomic E-state index is 12.8. The molecule has 0 aliphatic carbocycles. The maximum Gasteiger partial charge on any atom is 0.133 e. The van der Waals surface area contributed by atoms with Crippen LogP contribution in [0.2, 0.25) is 5.02 Å². The van der Waals surface area contributed by atoms with E-state index in [1.165, 1.54) is 0 Å². The lowest BCUT2D eigenvalue weighted by Crippen LogP contribution is -2.48. The highest BCUT2D eigenvalue weighted by atomic mass is 35.5. The Morgan fingerprint density at radius 2 is 2.18 bits per heavy atom. The first-order chi connectivity index (χ1) is 8.19. The second kappa shape index (κ2) is 4.25. The summed E-state index contributed by atoms with van der Waals surface area (Å²) >= 11 is 6.13. The molecule has 0 aromatic heterocycles. The molecule has 1 aromatic carbocycles. The van der Waals surface area contributed by atoms with Gasteiger partial charge in [0, 0.05) is 23.4 Å². The summed E-state index contributed by atoms with van der Waals surface area (Å²) in [7, 11) is 0. The maximum absolute atomic E-state index is 12.8. The molecule has 92 valence electrons. The fourth-order valence-corrected chi connectivity index (χ4v) is 3.04. The number of nitrogens with zero attached hydrogens (tertiary/aromatic N) is 1. The Labute approximate surface area is 106 Å². The summed E-state index contributed by atoms with van der Waals surface area (Å²) in [6.45, 7) is 1.93. The second-order valence-electron chi connectivity index (χ2n) is 5.01. The van der Waals surface area contributed by atoms with E-state index in [0.29, 0.717) is 18.1 Å². The van der Waals surface area contributed by atoms with Crippen LogP contribution in [0.1, 0.15) is 18.4 Å². The summed E-state index contributed by atoms with van der Waals surface area (Å²) in [5.74, 6) is 0. The van der Waals surface area contributed by atoms with E-state index in [2.05, 4.69) is 0 Å². The molecule has 0 spiro atoms. The smallest absolute Gasteiger partial charge is 0.133 e. The van der Waals surface area contributed by atoms with Gasteiger partial charge in [-0.1, -0.05) is 29.8 Å². The molecule has 0 radical (unpaired) electrons. The van der Waals surface area contributed by atoms with E-state index in [-0.39, 0.29) is 16.8 Å². The van der Waals surface area contributed by atoms with Gasteiger partial charge in [0.05, 0.1) is 13.2 Å². The molecule has 3 atom stereocenters. The lowest BCUT2D eigenvalue weighted by atomic mass is 10.1. The monoisotopic (exact) mass is 253 g/mol. The molecule has 3 nitrogen and oxygen atoms in total. The lowest BCUT2D eigenvalue weighted by molar-refractivity contribution is -0.906. The second-order valence-corrected chi connectivity index (χ2v) is 5.41. The first-order valence-corrected chi connectivity index (χ1v) is 6.50. The molecule has 2 heterocycles. The standard InChI is InChI=1S/C13H16ClNO2/c14-11-5-2-1-4-10(11)8-15(16)7-3-6-12(15)13-9-17-13/h1-2,4-5,12-13H,3,6-9H2/t12?,13-,15?/m0/s1. The minimum Gasteiger partial charge on any atom is -0.632 e. The molecule has 0 saturated carbocycles. The fourth-order valence-electron chi connectivity index (χ4n) is 2.85. The van der Waals surface area contributed by atoms with Crippen LogP contribution in [-0.4, -0.2) is 29.9 Å². The van der Waals surface area contributed by atoms with Crippen LogP contribution < -0.4 is 0 Å². The van der Waals surface area contributed by atoms with E-state index in [9.17, 15) is 5.21 Å². The average Bonchev–Trinajstić information content (AvgIpc) is 3.07. The van der Waals surface area contributed by atoms with Gasteiger partial charge in [0.15, 0.2) is 0 Å². The summed E-state index contributed by atoms with van der Waals surface area (Å²) in [6, 6.07) is 7.75. The molecule has 2 fully saturated rings. The van der Waals surface area contributed by atoms with Crippen molar-refractivity contribution in [3.8, 4) is 0 Å². The Kier molecular flexibility index (Phi) is 2.87. The van der Waals surface area contributed by atoms with Crippen LogP contribution in [0.15, 0.2) is 24.3 Å². The quantitative estimate of drug-likeness (QED) is 0.472. The predicted octanol–water partition coefficient (Wildman–Crippen LogP) is 2.72. The zero-order chi connectivity index (χ0) is 11.9. The van der Waals surface area contributed by atoms with Crippen LogP contribution in [0.25, 0.3) is 0 Å². The van der Waals surface area contributed by atoms with Gasteiger partial charge in [0.1, 0.15) is 18.7 Å².